The molecule has 0 saturated carbocycles. The minimum absolute atomic E-state index is 0.134. The fourth-order valence-corrected chi connectivity index (χ4v) is 1.97. The van der Waals surface area contributed by atoms with Gasteiger partial charge in [-0.05, 0) is 38.6 Å². The highest BCUT2D eigenvalue weighted by molar-refractivity contribution is 6.04. The highest BCUT2D eigenvalue weighted by Crippen LogP contribution is 2.18. The summed E-state index contributed by atoms with van der Waals surface area (Å²) in [7, 11) is 3.73. The largest absolute Gasteiger partial charge is 0.322 e. The third-order valence-electron chi connectivity index (χ3n) is 3.56. The fourth-order valence-electron chi connectivity index (χ4n) is 1.97. The van der Waals surface area contributed by atoms with E-state index in [0.29, 0.717) is 5.56 Å². The van der Waals surface area contributed by atoms with Gasteiger partial charge in [0.25, 0.3) is 5.91 Å². The first-order valence-corrected chi connectivity index (χ1v) is 6.60. The van der Waals surface area contributed by atoms with E-state index in [1.807, 2.05) is 45.3 Å². The van der Waals surface area contributed by atoms with E-state index < -0.39 is 0 Å². The van der Waals surface area contributed by atoms with Gasteiger partial charge in [-0.3, -0.25) is 9.48 Å². The average Bonchev–Trinajstić information content (AvgIpc) is 2.78. The Balaban J connectivity index is 2.18. The molecule has 0 aliphatic carbocycles. The quantitative estimate of drug-likeness (QED) is 0.897. The molecule has 1 aromatic carbocycles. The van der Waals surface area contributed by atoms with Gasteiger partial charge in [0, 0.05) is 24.5 Å². The zero-order chi connectivity index (χ0) is 14.7. The van der Waals surface area contributed by atoms with E-state index in [9.17, 15) is 4.79 Å². The van der Waals surface area contributed by atoms with E-state index in [-0.39, 0.29) is 11.9 Å². The highest BCUT2D eigenvalue weighted by atomic mass is 16.1. The molecule has 106 valence electrons. The summed E-state index contributed by atoms with van der Waals surface area (Å²) in [5, 5.41) is 10.2. The van der Waals surface area contributed by atoms with Crippen molar-refractivity contribution in [3.8, 4) is 0 Å². The third kappa shape index (κ3) is 2.88. The van der Waals surface area contributed by atoms with E-state index in [1.165, 1.54) is 0 Å². The summed E-state index contributed by atoms with van der Waals surface area (Å²) in [5.41, 5.74) is 3.37. The number of benzene rings is 1. The molecule has 1 unspecified atom stereocenters. The molecule has 5 nitrogen and oxygen atoms in total. The summed E-state index contributed by atoms with van der Waals surface area (Å²) in [6.45, 7) is 3.95. The summed E-state index contributed by atoms with van der Waals surface area (Å²) in [5.74, 6) is -0.134. The first-order valence-electron chi connectivity index (χ1n) is 6.60. The molecule has 20 heavy (non-hydrogen) atoms. The predicted octanol–water partition coefficient (Wildman–Crippen LogP) is 2.26. The summed E-state index contributed by atoms with van der Waals surface area (Å²) < 4.78 is 1.69. The average molecular weight is 272 g/mol. The molecular formula is C15H20N4O. The van der Waals surface area contributed by atoms with Crippen LogP contribution in [0.3, 0.4) is 0 Å². The summed E-state index contributed by atoms with van der Waals surface area (Å²) in [6, 6.07) is 8.08. The van der Waals surface area contributed by atoms with Gasteiger partial charge in [0.2, 0.25) is 0 Å². The van der Waals surface area contributed by atoms with Gasteiger partial charge < -0.3 is 10.6 Å². The molecule has 1 aromatic heterocycles. The second-order valence-electron chi connectivity index (χ2n) is 4.86. The number of nitrogens with one attached hydrogen (secondary N) is 2. The van der Waals surface area contributed by atoms with Crippen LogP contribution in [0.1, 0.15) is 34.6 Å². The van der Waals surface area contributed by atoms with Crippen molar-refractivity contribution >= 4 is 11.6 Å². The van der Waals surface area contributed by atoms with Crippen molar-refractivity contribution < 1.29 is 4.79 Å². The molecule has 0 saturated heterocycles. The highest BCUT2D eigenvalue weighted by Gasteiger charge is 2.13. The topological polar surface area (TPSA) is 58.9 Å². The van der Waals surface area contributed by atoms with Crippen LogP contribution in [0.2, 0.25) is 0 Å². The Hall–Kier alpha value is -2.14. The number of hydrogen-bond acceptors (Lipinski definition) is 3. The van der Waals surface area contributed by atoms with E-state index in [1.54, 1.807) is 10.9 Å². The zero-order valence-electron chi connectivity index (χ0n) is 12.3. The Morgan fingerprint density at radius 1 is 1.40 bits per heavy atom. The smallest absolute Gasteiger partial charge is 0.259 e. The number of anilines is 1. The van der Waals surface area contributed by atoms with Crippen molar-refractivity contribution in [2.75, 3.05) is 12.4 Å². The van der Waals surface area contributed by atoms with E-state index in [0.717, 1.165) is 16.9 Å². The maximum absolute atomic E-state index is 12.2. The van der Waals surface area contributed by atoms with Crippen LogP contribution < -0.4 is 10.6 Å². The normalized spacial score (nSPS) is 12.2. The van der Waals surface area contributed by atoms with Gasteiger partial charge >= 0.3 is 0 Å². The monoisotopic (exact) mass is 272 g/mol. The second-order valence-corrected chi connectivity index (χ2v) is 4.86. The third-order valence-corrected chi connectivity index (χ3v) is 3.56. The molecule has 0 bridgehead atoms. The Morgan fingerprint density at radius 2 is 2.15 bits per heavy atom. The molecule has 2 rings (SSSR count). The Bertz CT molecular complexity index is 618. The fraction of sp³-hybridized carbons (Fsp3) is 0.333. The predicted molar refractivity (Wildman–Crippen MR) is 79.8 cm³/mol. The second kappa shape index (κ2) is 5.88. The number of hydrogen-bond donors (Lipinski definition) is 2. The maximum Gasteiger partial charge on any atom is 0.259 e. The number of amides is 1. The SMILES string of the molecule is CNC(C)c1cccc(NC(=O)c2cnn(C)c2C)c1. The van der Waals surface area contributed by atoms with Crippen LogP contribution in [0.25, 0.3) is 0 Å². The van der Waals surface area contributed by atoms with Gasteiger partial charge in [-0.2, -0.15) is 5.10 Å². The molecule has 0 aliphatic heterocycles. The van der Waals surface area contributed by atoms with E-state index in [2.05, 4.69) is 22.7 Å². The van der Waals surface area contributed by atoms with Crippen LogP contribution in [0.4, 0.5) is 5.69 Å². The standard InChI is InChI=1S/C15H20N4O/c1-10(16-3)12-6-5-7-13(8-12)18-15(20)14-9-17-19(4)11(14)2/h5-10,16H,1-4H3,(H,18,20). The summed E-state index contributed by atoms with van der Waals surface area (Å²) in [6.07, 6.45) is 1.59. The van der Waals surface area contributed by atoms with Crippen LogP contribution in [0, 0.1) is 6.92 Å². The van der Waals surface area contributed by atoms with Gasteiger partial charge in [-0.1, -0.05) is 12.1 Å². The molecule has 2 aromatic rings. The molecule has 0 radical (unpaired) electrons. The molecule has 1 amide bonds. The lowest BCUT2D eigenvalue weighted by Crippen LogP contribution is -2.15. The minimum atomic E-state index is -0.134. The van der Waals surface area contributed by atoms with Crippen molar-refractivity contribution in [1.82, 2.24) is 15.1 Å². The lowest BCUT2D eigenvalue weighted by Gasteiger charge is -2.12. The van der Waals surface area contributed by atoms with Crippen molar-refractivity contribution in [2.24, 2.45) is 7.05 Å². The Kier molecular flexibility index (Phi) is 4.20. The Morgan fingerprint density at radius 3 is 2.75 bits per heavy atom. The molecular weight excluding hydrogens is 252 g/mol. The number of carbonyl (C=O) groups is 1. The van der Waals surface area contributed by atoms with Crippen LogP contribution in [-0.2, 0) is 7.05 Å². The van der Waals surface area contributed by atoms with Gasteiger partial charge in [0.15, 0.2) is 0 Å². The number of nitrogens with zero attached hydrogens (tertiary/aromatic N) is 2. The van der Waals surface area contributed by atoms with Crippen molar-refractivity contribution in [1.29, 1.82) is 0 Å². The molecule has 1 atom stereocenters. The molecule has 1 heterocycles. The van der Waals surface area contributed by atoms with Crippen LogP contribution in [-0.4, -0.2) is 22.7 Å². The van der Waals surface area contributed by atoms with Crippen molar-refractivity contribution in [3.63, 3.8) is 0 Å². The summed E-state index contributed by atoms with van der Waals surface area (Å²) >= 11 is 0. The van der Waals surface area contributed by atoms with Gasteiger partial charge in [0.05, 0.1) is 11.8 Å². The van der Waals surface area contributed by atoms with E-state index >= 15 is 0 Å². The van der Waals surface area contributed by atoms with Gasteiger partial charge in [-0.15, -0.1) is 0 Å². The van der Waals surface area contributed by atoms with E-state index in [4.69, 9.17) is 0 Å². The lowest BCUT2D eigenvalue weighted by atomic mass is 10.1. The number of aromatic nitrogens is 2. The maximum atomic E-state index is 12.2. The Labute approximate surface area is 119 Å². The van der Waals surface area contributed by atoms with Crippen LogP contribution in [0.15, 0.2) is 30.5 Å². The number of aryl methyl sites for hydroxylation is 1. The number of rotatable bonds is 4. The molecule has 2 N–H and O–H groups in total. The zero-order valence-corrected chi connectivity index (χ0v) is 12.3. The van der Waals surface area contributed by atoms with Crippen molar-refractivity contribution in [3.05, 3.63) is 47.3 Å². The summed E-state index contributed by atoms with van der Waals surface area (Å²) in [4.78, 5) is 12.2. The van der Waals surface area contributed by atoms with Gasteiger partial charge in [0.1, 0.15) is 0 Å². The molecule has 0 spiro atoms. The van der Waals surface area contributed by atoms with Crippen LogP contribution >= 0.6 is 0 Å². The van der Waals surface area contributed by atoms with Crippen LogP contribution in [0.5, 0.6) is 0 Å². The molecule has 0 aliphatic rings. The van der Waals surface area contributed by atoms with Crippen molar-refractivity contribution in [2.45, 2.75) is 19.9 Å². The minimum Gasteiger partial charge on any atom is -0.322 e. The lowest BCUT2D eigenvalue weighted by molar-refractivity contribution is 0.102. The first kappa shape index (κ1) is 14.3. The molecule has 0 fully saturated rings. The first-order chi connectivity index (χ1) is 9.52. The number of carbonyl (C=O) groups excluding carboxylic acids is 1. The molecule has 5 heteroatoms. The van der Waals surface area contributed by atoms with Gasteiger partial charge in [-0.25, -0.2) is 0 Å².